The van der Waals surface area contributed by atoms with Crippen LogP contribution in [0.4, 0.5) is 0 Å². The summed E-state index contributed by atoms with van der Waals surface area (Å²) in [7, 11) is 1.58. The molecule has 0 atom stereocenters. The number of phenols is 1. The van der Waals surface area contributed by atoms with E-state index in [-0.39, 0.29) is 11.9 Å². The van der Waals surface area contributed by atoms with Crippen LogP contribution < -0.4 is 9.47 Å². The highest BCUT2D eigenvalue weighted by molar-refractivity contribution is 7.16. The second kappa shape index (κ2) is 7.29. The van der Waals surface area contributed by atoms with E-state index >= 15 is 0 Å². The lowest BCUT2D eigenvalue weighted by Gasteiger charge is -2.08. The van der Waals surface area contributed by atoms with Crippen LogP contribution in [0.15, 0.2) is 36.5 Å². The Labute approximate surface area is 155 Å². The fourth-order valence-electron chi connectivity index (χ4n) is 3.11. The lowest BCUT2D eigenvalue weighted by Crippen LogP contribution is -2.10. The van der Waals surface area contributed by atoms with Crippen molar-refractivity contribution in [2.45, 2.75) is 31.8 Å². The van der Waals surface area contributed by atoms with Crippen LogP contribution in [0.3, 0.4) is 0 Å². The first kappa shape index (κ1) is 16.8. The summed E-state index contributed by atoms with van der Waals surface area (Å²) in [6, 6.07) is 9.19. The molecule has 0 saturated heterocycles. The van der Waals surface area contributed by atoms with Gasteiger partial charge in [-0.1, -0.05) is 22.5 Å². The summed E-state index contributed by atoms with van der Waals surface area (Å²) in [6.07, 6.45) is 6.48. The number of methoxy groups -OCH3 is 1. The van der Waals surface area contributed by atoms with E-state index in [2.05, 4.69) is 15.2 Å². The molecule has 3 aromatic rings. The Morgan fingerprint density at radius 1 is 1.08 bits per heavy atom. The van der Waals surface area contributed by atoms with Gasteiger partial charge in [0.25, 0.3) is 5.19 Å². The van der Waals surface area contributed by atoms with Crippen molar-refractivity contribution in [2.24, 2.45) is 0 Å². The average molecular weight is 369 g/mol. The van der Waals surface area contributed by atoms with E-state index in [1.54, 1.807) is 19.4 Å². The van der Waals surface area contributed by atoms with Crippen LogP contribution in [0.5, 0.6) is 16.8 Å². The molecule has 1 aliphatic carbocycles. The van der Waals surface area contributed by atoms with Crippen LogP contribution in [0.25, 0.3) is 21.7 Å². The first-order chi connectivity index (χ1) is 12.7. The molecule has 2 heterocycles. The van der Waals surface area contributed by atoms with Crippen molar-refractivity contribution in [3.8, 4) is 38.5 Å². The van der Waals surface area contributed by atoms with E-state index in [9.17, 15) is 5.11 Å². The van der Waals surface area contributed by atoms with Crippen LogP contribution in [0.1, 0.15) is 25.7 Å². The SMILES string of the molecule is COc1cc(-c2ccc(-c3nnc(OC4CCCC4)s3)c(O)c2)ccn1. The molecule has 0 spiro atoms. The van der Waals surface area contributed by atoms with Crippen LogP contribution >= 0.6 is 11.3 Å². The molecule has 0 unspecified atom stereocenters. The van der Waals surface area contributed by atoms with Gasteiger partial charge in [0.1, 0.15) is 11.9 Å². The van der Waals surface area contributed by atoms with Crippen molar-refractivity contribution in [1.29, 1.82) is 0 Å². The monoisotopic (exact) mass is 369 g/mol. The molecule has 0 bridgehead atoms. The maximum Gasteiger partial charge on any atom is 0.294 e. The summed E-state index contributed by atoms with van der Waals surface area (Å²) in [5.41, 5.74) is 2.44. The van der Waals surface area contributed by atoms with E-state index in [0.29, 0.717) is 21.6 Å². The number of benzene rings is 1. The van der Waals surface area contributed by atoms with Crippen molar-refractivity contribution >= 4 is 11.3 Å². The summed E-state index contributed by atoms with van der Waals surface area (Å²) in [5, 5.41) is 20.0. The zero-order valence-electron chi connectivity index (χ0n) is 14.4. The average Bonchev–Trinajstić information content (AvgIpc) is 3.34. The molecule has 134 valence electrons. The topological polar surface area (TPSA) is 77.4 Å². The Hall–Kier alpha value is -2.67. The first-order valence-electron chi connectivity index (χ1n) is 8.57. The molecule has 0 radical (unpaired) electrons. The highest BCUT2D eigenvalue weighted by Crippen LogP contribution is 2.37. The summed E-state index contributed by atoms with van der Waals surface area (Å²) in [4.78, 5) is 4.10. The van der Waals surface area contributed by atoms with Gasteiger partial charge in [0, 0.05) is 12.3 Å². The van der Waals surface area contributed by atoms with Crippen molar-refractivity contribution < 1.29 is 14.6 Å². The van der Waals surface area contributed by atoms with Crippen molar-refractivity contribution in [3.05, 3.63) is 36.5 Å². The lowest BCUT2D eigenvalue weighted by molar-refractivity contribution is 0.207. The maximum atomic E-state index is 10.5. The van der Waals surface area contributed by atoms with Gasteiger partial charge >= 0.3 is 0 Å². The molecule has 1 saturated carbocycles. The quantitative estimate of drug-likeness (QED) is 0.722. The lowest BCUT2D eigenvalue weighted by atomic mass is 10.0. The molecule has 1 aromatic carbocycles. The second-order valence-electron chi connectivity index (χ2n) is 6.22. The summed E-state index contributed by atoms with van der Waals surface area (Å²) in [6.45, 7) is 0. The van der Waals surface area contributed by atoms with Gasteiger partial charge in [-0.2, -0.15) is 0 Å². The number of pyridine rings is 1. The van der Waals surface area contributed by atoms with E-state index in [0.717, 1.165) is 24.0 Å². The molecule has 0 aliphatic heterocycles. The van der Waals surface area contributed by atoms with Gasteiger partial charge in [0.05, 0.1) is 12.7 Å². The largest absolute Gasteiger partial charge is 0.507 e. The Kier molecular flexibility index (Phi) is 4.71. The standard InChI is InChI=1S/C19H19N3O3S/c1-24-17-11-13(8-9-20-17)12-6-7-15(16(23)10-12)18-21-22-19(26-18)25-14-4-2-3-5-14/h6-11,14,23H,2-5H2,1H3. The predicted octanol–water partition coefficient (Wildman–Crippen LogP) is 4.30. The van der Waals surface area contributed by atoms with E-state index in [4.69, 9.17) is 9.47 Å². The molecular formula is C19H19N3O3S. The van der Waals surface area contributed by atoms with Gasteiger partial charge in [-0.3, -0.25) is 0 Å². The van der Waals surface area contributed by atoms with Crippen molar-refractivity contribution in [1.82, 2.24) is 15.2 Å². The molecule has 1 fully saturated rings. The highest BCUT2D eigenvalue weighted by Gasteiger charge is 2.19. The molecule has 6 nitrogen and oxygen atoms in total. The minimum atomic E-state index is 0.154. The number of phenolic OH excluding ortho intramolecular Hbond substituents is 1. The summed E-state index contributed by atoms with van der Waals surface area (Å²) >= 11 is 1.36. The number of ether oxygens (including phenoxy) is 2. The van der Waals surface area contributed by atoms with E-state index in [1.165, 1.54) is 24.2 Å². The Balaban J connectivity index is 1.57. The van der Waals surface area contributed by atoms with Gasteiger partial charge in [0.2, 0.25) is 5.88 Å². The van der Waals surface area contributed by atoms with Gasteiger partial charge in [-0.05, 0) is 55.0 Å². The van der Waals surface area contributed by atoms with Gasteiger partial charge in [-0.25, -0.2) is 4.98 Å². The van der Waals surface area contributed by atoms with E-state index < -0.39 is 0 Å². The molecular weight excluding hydrogens is 350 g/mol. The maximum absolute atomic E-state index is 10.5. The third-order valence-electron chi connectivity index (χ3n) is 4.48. The highest BCUT2D eigenvalue weighted by atomic mass is 32.1. The molecule has 1 N–H and O–H groups in total. The summed E-state index contributed by atoms with van der Waals surface area (Å²) < 4.78 is 11.0. The predicted molar refractivity (Wildman–Crippen MR) is 99.7 cm³/mol. The third-order valence-corrected chi connectivity index (χ3v) is 5.33. The smallest absolute Gasteiger partial charge is 0.294 e. The van der Waals surface area contributed by atoms with Gasteiger partial charge in [0.15, 0.2) is 5.01 Å². The fraction of sp³-hybridized carbons (Fsp3) is 0.316. The Bertz CT molecular complexity index is 907. The number of hydrogen-bond donors (Lipinski definition) is 1. The van der Waals surface area contributed by atoms with Gasteiger partial charge < -0.3 is 14.6 Å². The Morgan fingerprint density at radius 2 is 1.88 bits per heavy atom. The summed E-state index contributed by atoms with van der Waals surface area (Å²) in [5.74, 6) is 0.686. The number of aromatic nitrogens is 3. The molecule has 2 aromatic heterocycles. The number of rotatable bonds is 5. The fourth-order valence-corrected chi connectivity index (χ4v) is 3.90. The minimum absolute atomic E-state index is 0.154. The third kappa shape index (κ3) is 3.48. The molecule has 7 heteroatoms. The molecule has 4 rings (SSSR count). The first-order valence-corrected chi connectivity index (χ1v) is 9.38. The van der Waals surface area contributed by atoms with Crippen LogP contribution in [0.2, 0.25) is 0 Å². The number of nitrogens with zero attached hydrogens (tertiary/aromatic N) is 3. The zero-order chi connectivity index (χ0) is 17.9. The zero-order valence-corrected chi connectivity index (χ0v) is 15.2. The number of aromatic hydroxyl groups is 1. The van der Waals surface area contributed by atoms with E-state index in [1.807, 2.05) is 24.3 Å². The van der Waals surface area contributed by atoms with Crippen molar-refractivity contribution in [3.63, 3.8) is 0 Å². The second-order valence-corrected chi connectivity index (χ2v) is 7.16. The molecule has 0 amide bonds. The molecule has 1 aliphatic rings. The van der Waals surface area contributed by atoms with Crippen molar-refractivity contribution in [2.75, 3.05) is 7.11 Å². The number of hydrogen-bond acceptors (Lipinski definition) is 7. The van der Waals surface area contributed by atoms with Gasteiger partial charge in [-0.15, -0.1) is 5.10 Å². The molecule has 26 heavy (non-hydrogen) atoms. The normalized spacial score (nSPS) is 14.5. The van der Waals surface area contributed by atoms with Crippen LogP contribution in [-0.2, 0) is 0 Å². The van der Waals surface area contributed by atoms with Crippen LogP contribution in [0, 0.1) is 0 Å². The minimum Gasteiger partial charge on any atom is -0.507 e. The van der Waals surface area contributed by atoms with Crippen LogP contribution in [-0.4, -0.2) is 33.5 Å². The Morgan fingerprint density at radius 3 is 2.65 bits per heavy atom.